The lowest BCUT2D eigenvalue weighted by Crippen LogP contribution is -1.97. The molecule has 0 fully saturated rings. The van der Waals surface area contributed by atoms with E-state index in [0.717, 1.165) is 28.2 Å². The molecule has 1 aromatic rings. The first-order chi connectivity index (χ1) is 8.15. The first-order valence-electron chi connectivity index (χ1n) is 5.68. The molecule has 0 N–H and O–H groups in total. The molecule has 2 heteroatoms. The van der Waals surface area contributed by atoms with Gasteiger partial charge in [0.15, 0.2) is 0 Å². The van der Waals surface area contributed by atoms with Crippen molar-refractivity contribution in [1.29, 1.82) is 0 Å². The van der Waals surface area contributed by atoms with Crippen molar-refractivity contribution in [2.45, 2.75) is 20.4 Å². The van der Waals surface area contributed by atoms with Gasteiger partial charge in [-0.3, -0.25) is 9.98 Å². The summed E-state index contributed by atoms with van der Waals surface area (Å²) < 4.78 is 0. The fraction of sp³-hybridized carbons (Fsp3) is 0.200. The number of aryl methyl sites for hydroxylation is 1. The van der Waals surface area contributed by atoms with Crippen LogP contribution in [0.2, 0.25) is 0 Å². The fourth-order valence-electron chi connectivity index (χ4n) is 1.63. The monoisotopic (exact) mass is 224 g/mol. The van der Waals surface area contributed by atoms with Gasteiger partial charge in [0, 0.05) is 11.4 Å². The molecule has 0 aromatic carbocycles. The molecule has 0 aliphatic carbocycles. The minimum absolute atomic E-state index is 0.629. The lowest BCUT2D eigenvalue weighted by molar-refractivity contribution is 0.963. The Morgan fingerprint density at radius 2 is 1.82 bits per heavy atom. The molecule has 0 unspecified atom stereocenters. The second-order valence-electron chi connectivity index (χ2n) is 4.19. The van der Waals surface area contributed by atoms with E-state index in [9.17, 15) is 0 Å². The van der Waals surface area contributed by atoms with E-state index in [2.05, 4.69) is 22.6 Å². The zero-order valence-corrected chi connectivity index (χ0v) is 10.3. The highest BCUT2D eigenvalue weighted by Gasteiger charge is 2.02. The maximum atomic E-state index is 4.54. The lowest BCUT2D eigenvalue weighted by Gasteiger charge is -2.06. The van der Waals surface area contributed by atoms with Gasteiger partial charge >= 0.3 is 0 Å². The van der Waals surface area contributed by atoms with Gasteiger partial charge < -0.3 is 0 Å². The van der Waals surface area contributed by atoms with Gasteiger partial charge in [-0.2, -0.15) is 0 Å². The highest BCUT2D eigenvalue weighted by atomic mass is 14.8. The number of hydrogen-bond donors (Lipinski definition) is 0. The molecule has 2 nitrogen and oxygen atoms in total. The van der Waals surface area contributed by atoms with E-state index < -0.39 is 0 Å². The first kappa shape index (κ1) is 11.5. The number of nitrogens with zero attached hydrogens (tertiary/aromatic N) is 2. The van der Waals surface area contributed by atoms with E-state index in [1.165, 1.54) is 0 Å². The predicted molar refractivity (Wildman–Crippen MR) is 73.1 cm³/mol. The van der Waals surface area contributed by atoms with Crippen LogP contribution in [-0.4, -0.2) is 10.7 Å². The van der Waals surface area contributed by atoms with Gasteiger partial charge in [-0.25, -0.2) is 0 Å². The van der Waals surface area contributed by atoms with Crippen LogP contribution in [0.25, 0.3) is 6.08 Å². The average molecular weight is 224 g/mol. The topological polar surface area (TPSA) is 25.2 Å². The Labute approximate surface area is 102 Å². The summed E-state index contributed by atoms with van der Waals surface area (Å²) in [6.45, 7) is 8.58. The predicted octanol–water partition coefficient (Wildman–Crippen LogP) is 3.49. The van der Waals surface area contributed by atoms with E-state index in [4.69, 9.17) is 0 Å². The van der Waals surface area contributed by atoms with E-state index in [1.807, 2.05) is 44.2 Å². The average Bonchev–Trinajstić information content (AvgIpc) is 2.32. The summed E-state index contributed by atoms with van der Waals surface area (Å²) in [4.78, 5) is 9.03. The Morgan fingerprint density at radius 3 is 2.65 bits per heavy atom. The van der Waals surface area contributed by atoms with Crippen LogP contribution in [0.4, 0.5) is 0 Å². The molecule has 2 heterocycles. The van der Waals surface area contributed by atoms with Crippen molar-refractivity contribution in [3.05, 3.63) is 59.5 Å². The van der Waals surface area contributed by atoms with Crippen LogP contribution in [0.1, 0.15) is 23.9 Å². The van der Waals surface area contributed by atoms with Crippen molar-refractivity contribution in [1.82, 2.24) is 4.98 Å². The Bertz CT molecular complexity index is 534. The summed E-state index contributed by atoms with van der Waals surface area (Å²) >= 11 is 0. The summed E-state index contributed by atoms with van der Waals surface area (Å²) in [5, 5.41) is 0. The van der Waals surface area contributed by atoms with Gasteiger partial charge in [0.25, 0.3) is 0 Å². The molecular weight excluding hydrogens is 208 g/mol. The van der Waals surface area contributed by atoms with Crippen LogP contribution in [0.3, 0.4) is 0 Å². The lowest BCUT2D eigenvalue weighted by atomic mass is 10.1. The quantitative estimate of drug-likeness (QED) is 0.662. The van der Waals surface area contributed by atoms with Crippen molar-refractivity contribution >= 4 is 11.8 Å². The van der Waals surface area contributed by atoms with Crippen molar-refractivity contribution in [3.63, 3.8) is 0 Å². The maximum absolute atomic E-state index is 4.54. The number of hydrogen-bond acceptors (Lipinski definition) is 2. The number of aromatic nitrogens is 1. The molecule has 0 radical (unpaired) electrons. The van der Waals surface area contributed by atoms with Gasteiger partial charge in [0.1, 0.15) is 0 Å². The molecule has 1 aliphatic rings. The Kier molecular flexibility index (Phi) is 3.33. The third kappa shape index (κ3) is 3.00. The summed E-state index contributed by atoms with van der Waals surface area (Å²) in [7, 11) is 0. The van der Waals surface area contributed by atoms with Crippen LogP contribution in [0.5, 0.6) is 0 Å². The second-order valence-corrected chi connectivity index (χ2v) is 4.19. The zero-order valence-electron chi connectivity index (χ0n) is 10.3. The molecule has 0 saturated heterocycles. The molecule has 0 spiro atoms. The Hall–Kier alpha value is -1.96. The van der Waals surface area contributed by atoms with E-state index in [1.54, 1.807) is 0 Å². The standard InChI is InChI=1S/C15H16N2/c1-11-4-6-12(2)16-10-15-14(8-5-11)9-7-13(3)17-15/h4-9H,1,10H2,2-3H3/b6-4-,8-5-,16-12-. The van der Waals surface area contributed by atoms with Gasteiger partial charge in [-0.1, -0.05) is 30.9 Å². The molecule has 0 amide bonds. The van der Waals surface area contributed by atoms with Crippen molar-refractivity contribution in [3.8, 4) is 0 Å². The number of fused-ring (bicyclic) bond motifs is 1. The summed E-state index contributed by atoms with van der Waals surface area (Å²) in [5.74, 6) is 0. The zero-order chi connectivity index (χ0) is 12.3. The van der Waals surface area contributed by atoms with Gasteiger partial charge in [0.05, 0.1) is 12.2 Å². The summed E-state index contributed by atoms with van der Waals surface area (Å²) in [6.07, 6.45) is 8.00. The molecule has 17 heavy (non-hydrogen) atoms. The number of rotatable bonds is 0. The van der Waals surface area contributed by atoms with Gasteiger partial charge in [-0.15, -0.1) is 0 Å². The van der Waals surface area contributed by atoms with Crippen LogP contribution in [0, 0.1) is 6.92 Å². The van der Waals surface area contributed by atoms with Crippen LogP contribution >= 0.6 is 0 Å². The highest BCUT2D eigenvalue weighted by Crippen LogP contribution is 2.14. The maximum Gasteiger partial charge on any atom is 0.0821 e. The fourth-order valence-corrected chi connectivity index (χ4v) is 1.63. The van der Waals surface area contributed by atoms with Crippen molar-refractivity contribution in [2.24, 2.45) is 4.99 Å². The largest absolute Gasteiger partial charge is 0.284 e. The third-order valence-corrected chi connectivity index (χ3v) is 2.64. The number of aliphatic imine (C=N–C) groups is 1. The van der Waals surface area contributed by atoms with Gasteiger partial charge in [0.2, 0.25) is 0 Å². The van der Waals surface area contributed by atoms with Crippen LogP contribution in [-0.2, 0) is 6.54 Å². The first-order valence-corrected chi connectivity index (χ1v) is 5.68. The molecule has 0 saturated carbocycles. The Morgan fingerprint density at radius 1 is 1.06 bits per heavy atom. The molecule has 2 rings (SSSR count). The Balaban J connectivity index is 2.48. The second kappa shape index (κ2) is 4.91. The molecule has 1 aromatic heterocycles. The summed E-state index contributed by atoms with van der Waals surface area (Å²) in [5.41, 5.74) is 5.12. The van der Waals surface area contributed by atoms with Crippen molar-refractivity contribution in [2.75, 3.05) is 0 Å². The summed E-state index contributed by atoms with van der Waals surface area (Å²) in [6, 6.07) is 4.10. The minimum atomic E-state index is 0.629. The third-order valence-electron chi connectivity index (χ3n) is 2.64. The van der Waals surface area contributed by atoms with Gasteiger partial charge in [-0.05, 0) is 37.1 Å². The molecule has 0 atom stereocenters. The minimum Gasteiger partial charge on any atom is -0.284 e. The molecular formula is C15H16N2. The molecule has 1 aliphatic heterocycles. The van der Waals surface area contributed by atoms with Crippen LogP contribution < -0.4 is 0 Å². The SMILES string of the molecule is C=C1/C=C\C(C)=N/Cc2nc(C)ccc2/C=C\1. The number of pyridine rings is 1. The highest BCUT2D eigenvalue weighted by molar-refractivity contribution is 5.93. The smallest absolute Gasteiger partial charge is 0.0821 e. The van der Waals surface area contributed by atoms with E-state index >= 15 is 0 Å². The molecule has 86 valence electrons. The van der Waals surface area contributed by atoms with E-state index in [-0.39, 0.29) is 0 Å². The van der Waals surface area contributed by atoms with Crippen LogP contribution in [0.15, 0.2) is 47.5 Å². The molecule has 0 bridgehead atoms. The van der Waals surface area contributed by atoms with E-state index in [0.29, 0.717) is 6.54 Å². The van der Waals surface area contributed by atoms with Crippen molar-refractivity contribution < 1.29 is 0 Å². The normalized spacial score (nSPS) is 22.2. The number of allylic oxidation sites excluding steroid dienone is 4.